The summed E-state index contributed by atoms with van der Waals surface area (Å²) >= 11 is 0. The average molecular weight is 332 g/mol. The maximum absolute atomic E-state index is 11.6. The predicted molar refractivity (Wildman–Crippen MR) is 96.7 cm³/mol. The minimum absolute atomic E-state index is 0.0603. The Hall–Kier alpha value is -1.36. The van der Waals surface area contributed by atoms with Gasteiger partial charge in [-0.25, -0.2) is 0 Å². The van der Waals surface area contributed by atoms with Gasteiger partial charge in [0.15, 0.2) is 6.17 Å². The highest BCUT2D eigenvalue weighted by atomic mass is 16.5. The van der Waals surface area contributed by atoms with Crippen LogP contribution < -0.4 is 14.9 Å². The largest absolute Gasteiger partial charge is 0.831 e. The van der Waals surface area contributed by atoms with E-state index in [0.717, 1.165) is 0 Å². The van der Waals surface area contributed by atoms with Gasteiger partial charge in [0, 0.05) is 6.42 Å². The fourth-order valence-corrected chi connectivity index (χ4v) is 3.60. The van der Waals surface area contributed by atoms with Gasteiger partial charge in [-0.05, 0) is 43.1 Å². The lowest BCUT2D eigenvalue weighted by Gasteiger charge is -2.36. The van der Waals surface area contributed by atoms with E-state index in [9.17, 15) is 10.2 Å². The first-order chi connectivity index (χ1) is 11.2. The lowest BCUT2D eigenvalue weighted by molar-refractivity contribution is -0.891. The zero-order valence-electron chi connectivity index (χ0n) is 15.8. The number of quaternary nitrogens is 1. The molecule has 0 saturated carbocycles. The summed E-state index contributed by atoms with van der Waals surface area (Å²) in [6.07, 6.45) is 2.81. The summed E-state index contributed by atoms with van der Waals surface area (Å²) in [6, 6.07) is 6.83. The summed E-state index contributed by atoms with van der Waals surface area (Å²) < 4.78 is 0. The normalized spacial score (nSPS) is 22.2. The molecule has 1 aromatic rings. The van der Waals surface area contributed by atoms with E-state index in [1.54, 1.807) is 0 Å². The predicted octanol–water partition coefficient (Wildman–Crippen LogP) is 1.91. The monoisotopic (exact) mass is 332 g/mol. The molecule has 0 amide bonds. The molecule has 1 aromatic carbocycles. The van der Waals surface area contributed by atoms with Crippen LogP contribution >= 0.6 is 0 Å². The van der Waals surface area contributed by atoms with Crippen molar-refractivity contribution in [1.82, 2.24) is 0 Å². The number of hydrogen-bond donors (Lipinski definition) is 2. The van der Waals surface area contributed by atoms with Crippen molar-refractivity contribution in [1.29, 1.82) is 0 Å². The third-order valence-electron chi connectivity index (χ3n) is 4.84. The molecule has 0 aromatic heterocycles. The van der Waals surface area contributed by atoms with Crippen LogP contribution in [-0.2, 0) is 0 Å². The quantitative estimate of drug-likeness (QED) is 0.783. The molecule has 0 spiro atoms. The van der Waals surface area contributed by atoms with Crippen molar-refractivity contribution >= 4 is 5.69 Å². The Bertz CT molecular complexity index is 553. The van der Waals surface area contributed by atoms with E-state index >= 15 is 0 Å². The molecule has 1 heterocycles. The molecule has 1 aliphatic heterocycles. The Morgan fingerprint density at radius 2 is 1.62 bits per heavy atom. The second kappa shape index (κ2) is 7.68. The van der Waals surface area contributed by atoms with Gasteiger partial charge in [-0.3, -0.25) is 9.80 Å². The first kappa shape index (κ1) is 19.0. The molecule has 0 aliphatic carbocycles. The molecule has 2 rings (SSSR count). The Morgan fingerprint density at radius 1 is 1.08 bits per heavy atom. The van der Waals surface area contributed by atoms with Crippen LogP contribution in [0.3, 0.4) is 0 Å². The van der Waals surface area contributed by atoms with E-state index in [1.807, 2.05) is 0 Å². The van der Waals surface area contributed by atoms with Gasteiger partial charge >= 0.3 is 0 Å². The van der Waals surface area contributed by atoms with Crippen LogP contribution in [0.15, 0.2) is 30.6 Å². The van der Waals surface area contributed by atoms with Crippen LogP contribution in [-0.4, -0.2) is 23.6 Å². The summed E-state index contributed by atoms with van der Waals surface area (Å²) in [5.74, 6) is 0.793. The molecule has 24 heavy (non-hydrogen) atoms. The van der Waals surface area contributed by atoms with Crippen LogP contribution in [0.4, 0.5) is 5.69 Å². The molecule has 4 nitrogen and oxygen atoms in total. The second-order valence-electron chi connectivity index (χ2n) is 7.68. The molecule has 3 unspecified atom stereocenters. The minimum atomic E-state index is -1.56. The Balaban J connectivity index is 2.54. The average Bonchev–Trinajstić information content (AvgIpc) is 2.88. The standard InChI is InChI=1S/C20H31N2O2/c1-13(2)16-8-7-9-17(14(3)4)20(16)22-11-10-21(15(5)6)18(22)12-19(23)24/h7-11,13-15,18-19,23H,12H2,1-6H3/q-1/p+1. The summed E-state index contributed by atoms with van der Waals surface area (Å²) in [4.78, 5) is 3.44. The third-order valence-corrected chi connectivity index (χ3v) is 4.84. The van der Waals surface area contributed by atoms with Crippen molar-refractivity contribution < 1.29 is 15.1 Å². The topological polar surface area (TPSA) is 51.0 Å². The molecular formula is C20H32N2O2. The summed E-state index contributed by atoms with van der Waals surface area (Å²) in [6.45, 7) is 13.1. The van der Waals surface area contributed by atoms with Crippen LogP contribution in [0.5, 0.6) is 0 Å². The summed E-state index contributed by atoms with van der Waals surface area (Å²) in [5.41, 5.74) is 3.79. The van der Waals surface area contributed by atoms with E-state index in [4.69, 9.17) is 0 Å². The van der Waals surface area contributed by atoms with Crippen LogP contribution in [0.1, 0.15) is 70.9 Å². The highest BCUT2D eigenvalue weighted by molar-refractivity contribution is 5.64. The lowest BCUT2D eigenvalue weighted by atomic mass is 9.91. The van der Waals surface area contributed by atoms with Crippen molar-refractivity contribution in [3.63, 3.8) is 0 Å². The van der Waals surface area contributed by atoms with Crippen molar-refractivity contribution in [2.24, 2.45) is 0 Å². The van der Waals surface area contributed by atoms with Crippen LogP contribution in [0.25, 0.3) is 0 Å². The Kier molecular flexibility index (Phi) is 6.07. The fraction of sp³-hybridized carbons (Fsp3) is 0.600. The number of aliphatic hydroxyl groups excluding tert-OH is 1. The zero-order valence-corrected chi connectivity index (χ0v) is 15.8. The van der Waals surface area contributed by atoms with Gasteiger partial charge < -0.3 is 10.2 Å². The van der Waals surface area contributed by atoms with Gasteiger partial charge in [0.25, 0.3) is 0 Å². The number of benzene rings is 1. The van der Waals surface area contributed by atoms with Gasteiger partial charge in [-0.1, -0.05) is 45.9 Å². The van der Waals surface area contributed by atoms with Gasteiger partial charge in [-0.15, -0.1) is 0 Å². The molecule has 2 N–H and O–H groups in total. The van der Waals surface area contributed by atoms with Gasteiger partial charge in [0.05, 0.1) is 17.9 Å². The van der Waals surface area contributed by atoms with E-state index < -0.39 is 6.29 Å². The van der Waals surface area contributed by atoms with E-state index in [2.05, 4.69) is 77.0 Å². The van der Waals surface area contributed by atoms with Crippen molar-refractivity contribution in [3.8, 4) is 0 Å². The Morgan fingerprint density at radius 3 is 2.04 bits per heavy atom. The number of anilines is 1. The Labute approximate surface area is 146 Å². The first-order valence-corrected chi connectivity index (χ1v) is 9.04. The maximum atomic E-state index is 11.6. The number of aliphatic hydroxyl groups is 1. The minimum Gasteiger partial charge on any atom is -0.831 e. The van der Waals surface area contributed by atoms with Crippen molar-refractivity contribution in [2.75, 3.05) is 4.90 Å². The molecule has 0 saturated heterocycles. The molecule has 0 radical (unpaired) electrons. The SMILES string of the molecule is CC(C)c1cccc(C(C)C)c1N1C=C[NH+](C(C)C)C1CC([O-])O. The molecule has 0 fully saturated rings. The van der Waals surface area contributed by atoms with Crippen molar-refractivity contribution in [3.05, 3.63) is 41.7 Å². The van der Waals surface area contributed by atoms with E-state index in [1.165, 1.54) is 21.7 Å². The molecule has 3 atom stereocenters. The lowest BCUT2D eigenvalue weighted by Crippen LogP contribution is -3.14. The number of rotatable bonds is 6. The fourth-order valence-electron chi connectivity index (χ4n) is 3.60. The number of hydrogen-bond acceptors (Lipinski definition) is 3. The van der Waals surface area contributed by atoms with Crippen LogP contribution in [0, 0.1) is 0 Å². The van der Waals surface area contributed by atoms with Gasteiger partial charge in [0.2, 0.25) is 0 Å². The smallest absolute Gasteiger partial charge is 0.172 e. The van der Waals surface area contributed by atoms with Gasteiger partial charge in [0.1, 0.15) is 6.20 Å². The molecular weight excluding hydrogens is 300 g/mol. The van der Waals surface area contributed by atoms with E-state index in [-0.39, 0.29) is 12.6 Å². The van der Waals surface area contributed by atoms with Gasteiger partial charge in [-0.2, -0.15) is 0 Å². The number of para-hydroxylation sites is 1. The summed E-state index contributed by atoms with van der Waals surface area (Å²) in [5, 5.41) is 21.1. The number of nitrogens with zero attached hydrogens (tertiary/aromatic N) is 1. The highest BCUT2D eigenvalue weighted by Gasteiger charge is 2.36. The highest BCUT2D eigenvalue weighted by Crippen LogP contribution is 2.37. The number of nitrogens with one attached hydrogen (secondary N) is 1. The molecule has 0 bridgehead atoms. The third kappa shape index (κ3) is 3.82. The maximum Gasteiger partial charge on any atom is 0.172 e. The molecule has 1 aliphatic rings. The van der Waals surface area contributed by atoms with E-state index in [0.29, 0.717) is 17.9 Å². The first-order valence-electron chi connectivity index (χ1n) is 9.04. The second-order valence-corrected chi connectivity index (χ2v) is 7.68. The zero-order chi connectivity index (χ0) is 18.0. The summed E-state index contributed by atoms with van der Waals surface area (Å²) in [7, 11) is 0. The molecule has 4 heteroatoms. The van der Waals surface area contributed by atoms with Crippen LogP contribution in [0.2, 0.25) is 0 Å². The molecule has 134 valence electrons. The van der Waals surface area contributed by atoms with Crippen molar-refractivity contribution in [2.45, 2.75) is 78.3 Å².